The molecule has 1 heteroatoms. The van der Waals surface area contributed by atoms with Crippen LogP contribution in [0.3, 0.4) is 0 Å². The van der Waals surface area contributed by atoms with Gasteiger partial charge in [0.05, 0.1) is 0 Å². The Labute approximate surface area is 77.6 Å². The maximum atomic E-state index is 2.79. The van der Waals surface area contributed by atoms with E-state index in [0.717, 1.165) is 5.92 Å². The molecule has 0 aromatic heterocycles. The third kappa shape index (κ3) is 2.95. The highest BCUT2D eigenvalue weighted by Crippen LogP contribution is 2.08. The van der Waals surface area contributed by atoms with Crippen LogP contribution in [0.5, 0.6) is 0 Å². The van der Waals surface area contributed by atoms with E-state index in [1.54, 1.807) is 0 Å². The molecule has 0 bridgehead atoms. The fraction of sp³-hybridized carbons (Fsp3) is 0.455. The van der Waals surface area contributed by atoms with Crippen molar-refractivity contribution in [3.05, 3.63) is 29.8 Å². The molecule has 1 rings (SSSR count). The lowest BCUT2D eigenvalue weighted by atomic mass is 10.0. The second-order valence-corrected chi connectivity index (χ2v) is 4.25. The quantitative estimate of drug-likeness (QED) is 0.627. The van der Waals surface area contributed by atoms with Crippen LogP contribution in [0.15, 0.2) is 24.3 Å². The van der Waals surface area contributed by atoms with Crippen LogP contribution in [-0.2, 0) is 6.42 Å². The third-order valence-electron chi connectivity index (χ3n) is 2.05. The van der Waals surface area contributed by atoms with E-state index in [2.05, 4.69) is 47.4 Å². The number of hydrogen-bond donors (Lipinski definition) is 0. The Kier molecular flexibility index (Phi) is 3.75. The highest BCUT2D eigenvalue weighted by Gasteiger charge is 1.98. The predicted molar refractivity (Wildman–Crippen MR) is 58.9 cm³/mol. The lowest BCUT2D eigenvalue weighted by Crippen LogP contribution is -2.02. The molecule has 0 saturated carbocycles. The summed E-state index contributed by atoms with van der Waals surface area (Å²) in [6.45, 7) is 4.54. The normalized spacial score (nSPS) is 10.7. The summed E-state index contributed by atoms with van der Waals surface area (Å²) >= 11 is 0. The van der Waals surface area contributed by atoms with E-state index >= 15 is 0 Å². The van der Waals surface area contributed by atoms with Crippen molar-refractivity contribution in [1.29, 1.82) is 0 Å². The molecular weight excluding hydrogens is 163 g/mol. The van der Waals surface area contributed by atoms with E-state index in [4.69, 9.17) is 0 Å². The summed E-state index contributed by atoms with van der Waals surface area (Å²) in [5, 5.41) is 1.35. The van der Waals surface area contributed by atoms with Crippen molar-refractivity contribution >= 4 is 14.5 Å². The maximum Gasteiger partial charge on any atom is -0.0270 e. The Bertz CT molecular complexity index is 241. The summed E-state index contributed by atoms with van der Waals surface area (Å²) in [4.78, 5) is 0. The molecule has 66 valence electrons. The molecule has 1 aromatic rings. The monoisotopic (exact) mass is 180 g/mol. The summed E-state index contributed by atoms with van der Waals surface area (Å²) in [7, 11) is 2.79. The lowest BCUT2D eigenvalue weighted by Gasteiger charge is -2.06. The van der Waals surface area contributed by atoms with E-state index in [1.807, 2.05) is 0 Å². The number of hydrogen-bond acceptors (Lipinski definition) is 0. The van der Waals surface area contributed by atoms with Crippen LogP contribution in [0.25, 0.3) is 0 Å². The molecule has 0 spiro atoms. The highest BCUT2D eigenvalue weighted by atomic mass is 31.0. The summed E-state index contributed by atoms with van der Waals surface area (Å²) < 4.78 is 0. The number of benzene rings is 1. The first-order valence-electron chi connectivity index (χ1n) is 4.53. The lowest BCUT2D eigenvalue weighted by molar-refractivity contribution is 0.587. The van der Waals surface area contributed by atoms with E-state index in [9.17, 15) is 0 Å². The van der Waals surface area contributed by atoms with E-state index < -0.39 is 0 Å². The van der Waals surface area contributed by atoms with Gasteiger partial charge in [0.1, 0.15) is 0 Å². The molecular formula is C11H17P. The van der Waals surface area contributed by atoms with Crippen molar-refractivity contribution in [3.8, 4) is 0 Å². The van der Waals surface area contributed by atoms with Crippen LogP contribution in [0.1, 0.15) is 25.8 Å². The van der Waals surface area contributed by atoms with Crippen molar-refractivity contribution in [2.45, 2.75) is 26.7 Å². The topological polar surface area (TPSA) is 0 Å². The zero-order chi connectivity index (χ0) is 8.97. The Morgan fingerprint density at radius 1 is 1.25 bits per heavy atom. The minimum Gasteiger partial charge on any atom is -0.105 e. The van der Waals surface area contributed by atoms with Crippen molar-refractivity contribution in [2.75, 3.05) is 0 Å². The van der Waals surface area contributed by atoms with Gasteiger partial charge in [-0.2, -0.15) is 0 Å². The molecule has 0 aliphatic heterocycles. The molecule has 0 amide bonds. The number of aryl methyl sites for hydroxylation is 1. The van der Waals surface area contributed by atoms with E-state index in [1.165, 1.54) is 23.7 Å². The third-order valence-corrected chi connectivity index (χ3v) is 2.61. The van der Waals surface area contributed by atoms with Gasteiger partial charge in [-0.1, -0.05) is 38.1 Å². The molecule has 0 fully saturated rings. The fourth-order valence-corrected chi connectivity index (χ4v) is 1.56. The molecule has 12 heavy (non-hydrogen) atoms. The van der Waals surface area contributed by atoms with Crippen LogP contribution >= 0.6 is 9.24 Å². The molecule has 0 nitrogen and oxygen atoms in total. The van der Waals surface area contributed by atoms with Gasteiger partial charge in [0, 0.05) is 0 Å². The minimum atomic E-state index is 0.801. The Hall–Kier alpha value is -0.350. The molecule has 0 aliphatic rings. The van der Waals surface area contributed by atoms with Crippen LogP contribution in [0.4, 0.5) is 0 Å². The molecule has 0 radical (unpaired) electrons. The standard InChI is InChI=1S/C11H17P/c1-9(2)7-8-10-5-3-4-6-11(10)12/h3-6,9H,7-8,12H2,1-2H3. The van der Waals surface area contributed by atoms with Crippen LogP contribution in [0, 0.1) is 5.92 Å². The highest BCUT2D eigenvalue weighted by molar-refractivity contribution is 7.27. The zero-order valence-corrected chi connectivity index (χ0v) is 9.03. The van der Waals surface area contributed by atoms with Gasteiger partial charge in [0.15, 0.2) is 0 Å². The van der Waals surface area contributed by atoms with Crippen molar-refractivity contribution < 1.29 is 0 Å². The molecule has 1 aromatic carbocycles. The van der Waals surface area contributed by atoms with E-state index in [-0.39, 0.29) is 0 Å². The maximum absolute atomic E-state index is 2.79. The summed E-state index contributed by atoms with van der Waals surface area (Å²) in [5.74, 6) is 0.801. The fourth-order valence-electron chi connectivity index (χ4n) is 1.21. The molecule has 1 atom stereocenters. The summed E-state index contributed by atoms with van der Waals surface area (Å²) in [5.41, 5.74) is 1.47. The second kappa shape index (κ2) is 4.62. The van der Waals surface area contributed by atoms with Crippen molar-refractivity contribution in [3.63, 3.8) is 0 Å². The molecule has 0 heterocycles. The van der Waals surface area contributed by atoms with Gasteiger partial charge in [-0.3, -0.25) is 0 Å². The largest absolute Gasteiger partial charge is 0.105 e. The first-order chi connectivity index (χ1) is 5.70. The average molecular weight is 180 g/mol. The second-order valence-electron chi connectivity index (χ2n) is 3.63. The zero-order valence-electron chi connectivity index (χ0n) is 7.88. The summed E-state index contributed by atoms with van der Waals surface area (Å²) in [6, 6.07) is 8.56. The van der Waals surface area contributed by atoms with Gasteiger partial charge in [-0.25, -0.2) is 0 Å². The van der Waals surface area contributed by atoms with Gasteiger partial charge >= 0.3 is 0 Å². The van der Waals surface area contributed by atoms with Gasteiger partial charge in [-0.15, -0.1) is 9.24 Å². The van der Waals surface area contributed by atoms with E-state index in [0.29, 0.717) is 0 Å². The first-order valence-corrected chi connectivity index (χ1v) is 5.11. The average Bonchev–Trinajstić information content (AvgIpc) is 2.03. The first kappa shape index (κ1) is 9.74. The molecule has 0 saturated heterocycles. The van der Waals surface area contributed by atoms with Crippen LogP contribution in [-0.4, -0.2) is 0 Å². The van der Waals surface area contributed by atoms with Crippen molar-refractivity contribution in [1.82, 2.24) is 0 Å². The van der Waals surface area contributed by atoms with Gasteiger partial charge in [-0.05, 0) is 29.6 Å². The Balaban J connectivity index is 2.57. The Morgan fingerprint density at radius 3 is 2.50 bits per heavy atom. The summed E-state index contributed by atoms with van der Waals surface area (Å²) in [6.07, 6.45) is 2.49. The Morgan fingerprint density at radius 2 is 1.92 bits per heavy atom. The predicted octanol–water partition coefficient (Wildman–Crippen LogP) is 2.78. The van der Waals surface area contributed by atoms with Crippen molar-refractivity contribution in [2.24, 2.45) is 5.92 Å². The minimum absolute atomic E-state index is 0.801. The molecule has 1 unspecified atom stereocenters. The smallest absolute Gasteiger partial charge is 0.0270 e. The van der Waals surface area contributed by atoms with Gasteiger partial charge < -0.3 is 0 Å². The van der Waals surface area contributed by atoms with Crippen LogP contribution in [0.2, 0.25) is 0 Å². The SMILES string of the molecule is CC(C)CCc1ccccc1P. The molecule has 0 N–H and O–H groups in total. The number of rotatable bonds is 3. The van der Waals surface area contributed by atoms with Gasteiger partial charge in [0.25, 0.3) is 0 Å². The van der Waals surface area contributed by atoms with Gasteiger partial charge in [0.2, 0.25) is 0 Å². The van der Waals surface area contributed by atoms with Crippen LogP contribution < -0.4 is 5.30 Å². The molecule has 0 aliphatic carbocycles.